The van der Waals surface area contributed by atoms with Crippen molar-refractivity contribution in [3.63, 3.8) is 0 Å². The summed E-state index contributed by atoms with van der Waals surface area (Å²) in [7, 11) is 0. The third-order valence-corrected chi connectivity index (χ3v) is 3.31. The topological polar surface area (TPSA) is 48.9 Å². The van der Waals surface area contributed by atoms with Gasteiger partial charge in [0.1, 0.15) is 5.82 Å². The summed E-state index contributed by atoms with van der Waals surface area (Å²) in [6.07, 6.45) is 11.0. The highest BCUT2D eigenvalue weighted by molar-refractivity contribution is 5.04. The van der Waals surface area contributed by atoms with E-state index in [1.54, 1.807) is 6.20 Å². The van der Waals surface area contributed by atoms with E-state index < -0.39 is 0 Å². The normalized spacial score (nSPS) is 19.8. The van der Waals surface area contributed by atoms with Crippen molar-refractivity contribution in [1.82, 2.24) is 9.97 Å². The lowest BCUT2D eigenvalue weighted by atomic mass is 9.91. The van der Waals surface area contributed by atoms with E-state index in [1.165, 1.54) is 44.9 Å². The first-order chi connectivity index (χ1) is 7.40. The van der Waals surface area contributed by atoms with Gasteiger partial charge in [-0.1, -0.05) is 32.1 Å². The maximum absolute atomic E-state index is 8.98. The zero-order valence-corrected chi connectivity index (χ0v) is 9.21. The number of nitrogens with one attached hydrogen (secondary N) is 1. The van der Waals surface area contributed by atoms with Crippen molar-refractivity contribution in [3.8, 4) is 0 Å². The van der Waals surface area contributed by atoms with E-state index >= 15 is 0 Å². The van der Waals surface area contributed by atoms with E-state index in [4.69, 9.17) is 5.11 Å². The van der Waals surface area contributed by atoms with E-state index in [1.807, 2.05) is 0 Å². The van der Waals surface area contributed by atoms with Crippen LogP contribution in [0, 0.1) is 0 Å². The highest BCUT2D eigenvalue weighted by atomic mass is 16.3. The molecule has 0 spiro atoms. The molecule has 3 nitrogen and oxygen atoms in total. The van der Waals surface area contributed by atoms with Crippen LogP contribution in [-0.4, -0.2) is 15.1 Å². The number of aromatic nitrogens is 2. The fourth-order valence-electron chi connectivity index (χ4n) is 2.39. The Kier molecular flexibility index (Phi) is 3.78. The van der Waals surface area contributed by atoms with Crippen LogP contribution in [0.4, 0.5) is 0 Å². The van der Waals surface area contributed by atoms with Gasteiger partial charge in [-0.3, -0.25) is 0 Å². The first-order valence-corrected chi connectivity index (χ1v) is 6.05. The van der Waals surface area contributed by atoms with Crippen LogP contribution in [0.2, 0.25) is 0 Å². The molecule has 1 saturated carbocycles. The molecule has 0 bridgehead atoms. The number of H-pyrrole nitrogens is 1. The van der Waals surface area contributed by atoms with Gasteiger partial charge in [0.15, 0.2) is 0 Å². The average Bonchev–Trinajstić information content (AvgIpc) is 2.65. The molecular formula is C12H20N2O. The van der Waals surface area contributed by atoms with Crippen molar-refractivity contribution in [2.75, 3.05) is 0 Å². The summed E-state index contributed by atoms with van der Waals surface area (Å²) >= 11 is 0. The monoisotopic (exact) mass is 208 g/mol. The van der Waals surface area contributed by atoms with E-state index in [-0.39, 0.29) is 6.61 Å². The summed E-state index contributed by atoms with van der Waals surface area (Å²) in [5, 5.41) is 8.98. The molecule has 2 N–H and O–H groups in total. The Bertz CT molecular complexity index is 288. The molecule has 2 rings (SSSR count). The minimum atomic E-state index is 0.0692. The lowest BCUT2D eigenvalue weighted by Gasteiger charge is -2.17. The molecule has 0 amide bonds. The maximum atomic E-state index is 8.98. The lowest BCUT2D eigenvalue weighted by molar-refractivity contribution is 0.277. The number of aliphatic hydroxyl groups is 1. The maximum Gasteiger partial charge on any atom is 0.109 e. The van der Waals surface area contributed by atoms with Crippen molar-refractivity contribution in [2.24, 2.45) is 0 Å². The first-order valence-electron chi connectivity index (χ1n) is 6.05. The second kappa shape index (κ2) is 5.31. The van der Waals surface area contributed by atoms with Gasteiger partial charge in [-0.05, 0) is 12.8 Å². The molecule has 0 saturated heterocycles. The Balaban J connectivity index is 2.00. The van der Waals surface area contributed by atoms with Gasteiger partial charge in [0.2, 0.25) is 0 Å². The molecule has 1 aromatic heterocycles. The van der Waals surface area contributed by atoms with Gasteiger partial charge in [0.05, 0.1) is 18.5 Å². The molecule has 1 aromatic rings. The van der Waals surface area contributed by atoms with Crippen LogP contribution in [0.15, 0.2) is 6.20 Å². The Hall–Kier alpha value is -0.830. The van der Waals surface area contributed by atoms with Crippen molar-refractivity contribution in [3.05, 3.63) is 17.7 Å². The Morgan fingerprint density at radius 1 is 1.20 bits per heavy atom. The average molecular weight is 208 g/mol. The molecule has 0 aromatic carbocycles. The Labute approximate surface area is 90.9 Å². The zero-order valence-electron chi connectivity index (χ0n) is 9.21. The number of hydrogen-bond donors (Lipinski definition) is 2. The standard InChI is InChI=1S/C12H20N2O/c15-9-11-8-13-12(14-11)10-6-4-2-1-3-5-7-10/h8,10,15H,1-7,9H2,(H,13,14). The van der Waals surface area contributed by atoms with Gasteiger partial charge in [0.25, 0.3) is 0 Å². The van der Waals surface area contributed by atoms with Crippen molar-refractivity contribution in [1.29, 1.82) is 0 Å². The number of rotatable bonds is 2. The van der Waals surface area contributed by atoms with E-state index in [2.05, 4.69) is 9.97 Å². The molecule has 0 unspecified atom stereocenters. The molecule has 84 valence electrons. The lowest BCUT2D eigenvalue weighted by Crippen LogP contribution is -2.04. The summed E-state index contributed by atoms with van der Waals surface area (Å²) in [6.45, 7) is 0.0692. The fourth-order valence-corrected chi connectivity index (χ4v) is 2.39. The first kappa shape index (κ1) is 10.7. The molecular weight excluding hydrogens is 188 g/mol. The molecule has 1 fully saturated rings. The van der Waals surface area contributed by atoms with Crippen LogP contribution < -0.4 is 0 Å². The molecule has 1 aliphatic carbocycles. The largest absolute Gasteiger partial charge is 0.390 e. The van der Waals surface area contributed by atoms with Crippen LogP contribution in [-0.2, 0) is 6.61 Å². The summed E-state index contributed by atoms with van der Waals surface area (Å²) in [5.41, 5.74) is 0.840. The summed E-state index contributed by atoms with van der Waals surface area (Å²) < 4.78 is 0. The van der Waals surface area contributed by atoms with Crippen LogP contribution in [0.3, 0.4) is 0 Å². The third kappa shape index (κ3) is 2.81. The molecule has 15 heavy (non-hydrogen) atoms. The van der Waals surface area contributed by atoms with Crippen molar-refractivity contribution in [2.45, 2.75) is 57.5 Å². The molecule has 1 aliphatic rings. The zero-order chi connectivity index (χ0) is 10.5. The predicted molar refractivity (Wildman–Crippen MR) is 59.6 cm³/mol. The van der Waals surface area contributed by atoms with E-state index in [0.29, 0.717) is 5.92 Å². The van der Waals surface area contributed by atoms with Gasteiger partial charge in [0, 0.05) is 5.92 Å². The fraction of sp³-hybridized carbons (Fsp3) is 0.750. The number of hydrogen-bond acceptors (Lipinski definition) is 2. The van der Waals surface area contributed by atoms with Gasteiger partial charge in [-0.25, -0.2) is 4.98 Å². The number of imidazole rings is 1. The molecule has 0 radical (unpaired) electrons. The molecule has 0 atom stereocenters. The molecule has 0 aliphatic heterocycles. The summed E-state index contributed by atoms with van der Waals surface area (Å²) in [5.74, 6) is 1.67. The van der Waals surface area contributed by atoms with E-state index in [0.717, 1.165) is 11.5 Å². The smallest absolute Gasteiger partial charge is 0.109 e. The van der Waals surface area contributed by atoms with Crippen LogP contribution in [0.25, 0.3) is 0 Å². The van der Waals surface area contributed by atoms with Gasteiger partial charge in [-0.15, -0.1) is 0 Å². The molecule has 3 heteroatoms. The van der Waals surface area contributed by atoms with Crippen molar-refractivity contribution >= 4 is 0 Å². The van der Waals surface area contributed by atoms with Crippen molar-refractivity contribution < 1.29 is 5.11 Å². The Morgan fingerprint density at radius 2 is 1.87 bits per heavy atom. The predicted octanol–water partition coefficient (Wildman–Crippen LogP) is 2.73. The third-order valence-electron chi connectivity index (χ3n) is 3.31. The quantitative estimate of drug-likeness (QED) is 0.785. The highest BCUT2D eigenvalue weighted by Gasteiger charge is 2.16. The highest BCUT2D eigenvalue weighted by Crippen LogP contribution is 2.28. The van der Waals surface area contributed by atoms with Gasteiger partial charge < -0.3 is 10.1 Å². The SMILES string of the molecule is OCc1cnc(C2CCCCCCC2)[nH]1. The number of nitrogens with zero attached hydrogens (tertiary/aromatic N) is 1. The van der Waals surface area contributed by atoms with Crippen LogP contribution in [0.1, 0.15) is 62.4 Å². The number of aliphatic hydroxyl groups excluding tert-OH is 1. The van der Waals surface area contributed by atoms with E-state index in [9.17, 15) is 0 Å². The second-order valence-corrected chi connectivity index (χ2v) is 4.49. The van der Waals surface area contributed by atoms with Gasteiger partial charge >= 0.3 is 0 Å². The number of aromatic amines is 1. The summed E-state index contributed by atoms with van der Waals surface area (Å²) in [4.78, 5) is 7.59. The van der Waals surface area contributed by atoms with Gasteiger partial charge in [-0.2, -0.15) is 0 Å². The minimum absolute atomic E-state index is 0.0692. The summed E-state index contributed by atoms with van der Waals surface area (Å²) in [6, 6.07) is 0. The second-order valence-electron chi connectivity index (χ2n) is 4.49. The minimum Gasteiger partial charge on any atom is -0.390 e. The van der Waals surface area contributed by atoms with Crippen LogP contribution >= 0.6 is 0 Å². The Morgan fingerprint density at radius 3 is 2.47 bits per heavy atom. The van der Waals surface area contributed by atoms with Crippen LogP contribution in [0.5, 0.6) is 0 Å². The molecule has 1 heterocycles.